The highest BCUT2D eigenvalue weighted by Crippen LogP contribution is 2.26. The van der Waals surface area contributed by atoms with Crippen LogP contribution < -0.4 is 21.0 Å². The van der Waals surface area contributed by atoms with Gasteiger partial charge in [0.05, 0.1) is 7.11 Å². The number of carbonyl (C=O) groups excluding carboxylic acids is 1. The molecule has 6 heteroatoms. The van der Waals surface area contributed by atoms with Gasteiger partial charge in [-0.3, -0.25) is 4.79 Å². The van der Waals surface area contributed by atoms with E-state index >= 15 is 0 Å². The predicted molar refractivity (Wildman–Crippen MR) is 100 cm³/mol. The van der Waals surface area contributed by atoms with Crippen LogP contribution in [0.2, 0.25) is 0 Å². The summed E-state index contributed by atoms with van der Waals surface area (Å²) >= 11 is 0. The standard InChI is InChI=1S/C20H24N2O4/c1-12-10-17(14-6-5-9-21-11-14)26-20(24)18(12)19(23)22-15-7-4-8-16(25-3)13(15)2/h4,7-8,10,14,21H,5-6,9,11H2,1-3H3,(H,22,23). The number of anilines is 1. The molecule has 3 rings (SSSR count). The summed E-state index contributed by atoms with van der Waals surface area (Å²) in [6.45, 7) is 5.39. The van der Waals surface area contributed by atoms with E-state index < -0.39 is 11.5 Å². The van der Waals surface area contributed by atoms with Gasteiger partial charge in [-0.25, -0.2) is 4.79 Å². The molecule has 1 saturated heterocycles. The van der Waals surface area contributed by atoms with E-state index in [1.807, 2.05) is 19.1 Å². The van der Waals surface area contributed by atoms with Gasteiger partial charge in [-0.15, -0.1) is 0 Å². The molecule has 0 bridgehead atoms. The topological polar surface area (TPSA) is 80.6 Å². The molecule has 1 atom stereocenters. The number of hydrogen-bond acceptors (Lipinski definition) is 5. The van der Waals surface area contributed by atoms with E-state index in [-0.39, 0.29) is 11.5 Å². The van der Waals surface area contributed by atoms with Crippen LogP contribution in [0.15, 0.2) is 33.5 Å². The van der Waals surface area contributed by atoms with E-state index in [0.29, 0.717) is 22.8 Å². The fourth-order valence-corrected chi connectivity index (χ4v) is 3.36. The maximum atomic E-state index is 12.7. The van der Waals surface area contributed by atoms with Crippen molar-refractivity contribution in [2.75, 3.05) is 25.5 Å². The summed E-state index contributed by atoms with van der Waals surface area (Å²) in [5.41, 5.74) is 1.48. The van der Waals surface area contributed by atoms with E-state index in [2.05, 4.69) is 10.6 Å². The van der Waals surface area contributed by atoms with Crippen molar-refractivity contribution in [2.24, 2.45) is 0 Å². The van der Waals surface area contributed by atoms with Crippen LogP contribution in [0.25, 0.3) is 0 Å². The van der Waals surface area contributed by atoms with E-state index in [9.17, 15) is 9.59 Å². The van der Waals surface area contributed by atoms with Crippen molar-refractivity contribution in [3.05, 3.63) is 57.1 Å². The highest BCUT2D eigenvalue weighted by molar-refractivity contribution is 6.05. The minimum absolute atomic E-state index is 0.0414. The van der Waals surface area contributed by atoms with Gasteiger partial charge < -0.3 is 19.8 Å². The molecule has 1 aromatic carbocycles. The number of methoxy groups -OCH3 is 1. The summed E-state index contributed by atoms with van der Waals surface area (Å²) in [6, 6.07) is 7.19. The Balaban J connectivity index is 1.87. The van der Waals surface area contributed by atoms with Gasteiger partial charge in [-0.2, -0.15) is 0 Å². The zero-order chi connectivity index (χ0) is 18.7. The smallest absolute Gasteiger partial charge is 0.349 e. The molecule has 1 aliphatic rings. The van der Waals surface area contributed by atoms with Crippen molar-refractivity contribution in [2.45, 2.75) is 32.6 Å². The molecule has 26 heavy (non-hydrogen) atoms. The summed E-state index contributed by atoms with van der Waals surface area (Å²) in [5.74, 6) is 1.02. The molecular formula is C20H24N2O4. The molecule has 0 aliphatic carbocycles. The van der Waals surface area contributed by atoms with Crippen LogP contribution >= 0.6 is 0 Å². The molecule has 138 valence electrons. The van der Waals surface area contributed by atoms with Gasteiger partial charge in [0.15, 0.2) is 0 Å². The van der Waals surface area contributed by atoms with Gasteiger partial charge in [0.25, 0.3) is 5.91 Å². The van der Waals surface area contributed by atoms with Crippen LogP contribution in [0.5, 0.6) is 5.75 Å². The number of piperidine rings is 1. The molecule has 1 aliphatic heterocycles. The molecule has 0 radical (unpaired) electrons. The number of benzene rings is 1. The monoisotopic (exact) mass is 356 g/mol. The van der Waals surface area contributed by atoms with Gasteiger partial charge in [0.1, 0.15) is 17.1 Å². The third-order valence-electron chi connectivity index (χ3n) is 4.85. The third kappa shape index (κ3) is 3.65. The number of nitrogens with one attached hydrogen (secondary N) is 2. The minimum atomic E-state index is -0.594. The first kappa shape index (κ1) is 18.2. The van der Waals surface area contributed by atoms with E-state index in [4.69, 9.17) is 9.15 Å². The number of ether oxygens (including phenoxy) is 1. The van der Waals surface area contributed by atoms with Gasteiger partial charge in [-0.1, -0.05) is 6.07 Å². The fraction of sp³-hybridized carbons (Fsp3) is 0.400. The summed E-state index contributed by atoms with van der Waals surface area (Å²) in [7, 11) is 1.57. The number of rotatable bonds is 4. The van der Waals surface area contributed by atoms with Crippen LogP contribution in [0.3, 0.4) is 0 Å². The number of aryl methyl sites for hydroxylation is 1. The Morgan fingerprint density at radius 1 is 1.35 bits per heavy atom. The van der Waals surface area contributed by atoms with Crippen molar-refractivity contribution in [3.63, 3.8) is 0 Å². The summed E-state index contributed by atoms with van der Waals surface area (Å²) < 4.78 is 10.7. The Kier molecular flexibility index (Phi) is 5.42. The van der Waals surface area contributed by atoms with Crippen molar-refractivity contribution < 1.29 is 13.9 Å². The molecule has 1 amide bonds. The van der Waals surface area contributed by atoms with Gasteiger partial charge >= 0.3 is 5.63 Å². The second-order valence-electron chi connectivity index (χ2n) is 6.62. The SMILES string of the molecule is COc1cccc(NC(=O)c2c(C)cc(C3CCCNC3)oc2=O)c1C. The summed E-state index contributed by atoms with van der Waals surface area (Å²) in [6.07, 6.45) is 2.02. The van der Waals surface area contributed by atoms with Gasteiger partial charge in [0.2, 0.25) is 0 Å². The molecule has 1 fully saturated rings. The van der Waals surface area contributed by atoms with Crippen molar-refractivity contribution in [1.29, 1.82) is 0 Å². The Hall–Kier alpha value is -2.60. The Labute approximate surface area is 152 Å². The lowest BCUT2D eigenvalue weighted by molar-refractivity contribution is 0.102. The maximum absolute atomic E-state index is 12.7. The lowest BCUT2D eigenvalue weighted by atomic mass is 9.95. The quantitative estimate of drug-likeness (QED) is 0.880. The maximum Gasteiger partial charge on any atom is 0.349 e. The second kappa shape index (κ2) is 7.74. The summed E-state index contributed by atoms with van der Waals surface area (Å²) in [5, 5.41) is 6.10. The highest BCUT2D eigenvalue weighted by Gasteiger charge is 2.23. The first-order valence-corrected chi connectivity index (χ1v) is 8.81. The number of hydrogen-bond donors (Lipinski definition) is 2. The lowest BCUT2D eigenvalue weighted by Gasteiger charge is -2.22. The lowest BCUT2D eigenvalue weighted by Crippen LogP contribution is -2.30. The molecule has 2 N–H and O–H groups in total. The largest absolute Gasteiger partial charge is 0.496 e. The molecule has 0 spiro atoms. The predicted octanol–water partition coefficient (Wildman–Crippen LogP) is 2.98. The fourth-order valence-electron chi connectivity index (χ4n) is 3.36. The van der Waals surface area contributed by atoms with Crippen molar-refractivity contribution in [1.82, 2.24) is 5.32 Å². The van der Waals surface area contributed by atoms with E-state index in [1.165, 1.54) is 0 Å². The van der Waals surface area contributed by atoms with Crippen molar-refractivity contribution >= 4 is 11.6 Å². The zero-order valence-corrected chi connectivity index (χ0v) is 15.3. The van der Waals surface area contributed by atoms with Crippen LogP contribution in [-0.2, 0) is 0 Å². The average molecular weight is 356 g/mol. The Bertz CT molecular complexity index is 867. The van der Waals surface area contributed by atoms with Crippen LogP contribution in [-0.4, -0.2) is 26.1 Å². The molecular weight excluding hydrogens is 332 g/mol. The van der Waals surface area contributed by atoms with Crippen LogP contribution in [0, 0.1) is 13.8 Å². The summed E-state index contributed by atoms with van der Waals surface area (Å²) in [4.78, 5) is 25.1. The molecule has 2 heterocycles. The minimum Gasteiger partial charge on any atom is -0.496 e. The average Bonchev–Trinajstić information content (AvgIpc) is 2.63. The Morgan fingerprint density at radius 2 is 2.15 bits per heavy atom. The van der Waals surface area contributed by atoms with E-state index in [0.717, 1.165) is 31.5 Å². The van der Waals surface area contributed by atoms with E-state index in [1.54, 1.807) is 26.2 Å². The molecule has 0 saturated carbocycles. The molecule has 1 aromatic heterocycles. The van der Waals surface area contributed by atoms with Gasteiger partial charge in [0, 0.05) is 23.7 Å². The first-order chi connectivity index (χ1) is 12.5. The van der Waals surface area contributed by atoms with Gasteiger partial charge in [-0.05, 0) is 57.0 Å². The molecule has 6 nitrogen and oxygen atoms in total. The Morgan fingerprint density at radius 3 is 2.81 bits per heavy atom. The molecule has 2 aromatic rings. The first-order valence-electron chi connectivity index (χ1n) is 8.81. The van der Waals surface area contributed by atoms with Crippen molar-refractivity contribution in [3.8, 4) is 5.75 Å². The number of amides is 1. The normalized spacial score (nSPS) is 17.0. The zero-order valence-electron chi connectivity index (χ0n) is 15.3. The van der Waals surface area contributed by atoms with Crippen LogP contribution in [0.1, 0.15) is 46.0 Å². The molecule has 1 unspecified atom stereocenters. The third-order valence-corrected chi connectivity index (χ3v) is 4.85. The highest BCUT2D eigenvalue weighted by atomic mass is 16.5. The number of carbonyl (C=O) groups is 1. The second-order valence-corrected chi connectivity index (χ2v) is 6.62. The van der Waals surface area contributed by atoms with Crippen LogP contribution in [0.4, 0.5) is 5.69 Å².